The van der Waals surface area contributed by atoms with Crippen molar-refractivity contribution in [3.05, 3.63) is 53.1 Å². The second kappa shape index (κ2) is 6.73. The van der Waals surface area contributed by atoms with E-state index in [0.717, 1.165) is 24.7 Å². The smallest absolute Gasteiger partial charge is 0.0951 e. The Bertz CT molecular complexity index is 520. The van der Waals surface area contributed by atoms with Crippen LogP contribution in [0.1, 0.15) is 25.1 Å². The minimum absolute atomic E-state index is 0.657. The molecule has 102 valence electrons. The summed E-state index contributed by atoms with van der Waals surface area (Å²) < 4.78 is 2.15. The lowest BCUT2D eigenvalue weighted by molar-refractivity contribution is 0.539. The molecule has 2 rings (SSSR count). The van der Waals surface area contributed by atoms with Gasteiger partial charge < -0.3 is 9.88 Å². The Morgan fingerprint density at radius 1 is 1.37 bits per heavy atom. The molecule has 1 N–H and O–H groups in total. The van der Waals surface area contributed by atoms with Crippen molar-refractivity contribution in [2.45, 2.75) is 26.9 Å². The molecule has 0 amide bonds. The van der Waals surface area contributed by atoms with E-state index in [1.807, 2.05) is 30.7 Å². The van der Waals surface area contributed by atoms with Crippen LogP contribution in [0.4, 0.5) is 0 Å². The van der Waals surface area contributed by atoms with Crippen LogP contribution in [0.15, 0.2) is 36.8 Å². The fourth-order valence-electron chi connectivity index (χ4n) is 1.96. The molecule has 0 spiro atoms. The van der Waals surface area contributed by atoms with Gasteiger partial charge in [0.15, 0.2) is 0 Å². The summed E-state index contributed by atoms with van der Waals surface area (Å²) >= 11 is 6.01. The fraction of sp³-hybridized carbons (Fsp3) is 0.400. The van der Waals surface area contributed by atoms with Gasteiger partial charge in [0.05, 0.1) is 12.0 Å². The van der Waals surface area contributed by atoms with Gasteiger partial charge >= 0.3 is 0 Å². The maximum atomic E-state index is 6.01. The molecule has 1 aromatic carbocycles. The van der Waals surface area contributed by atoms with Crippen LogP contribution in [-0.2, 0) is 13.1 Å². The molecule has 3 nitrogen and oxygen atoms in total. The summed E-state index contributed by atoms with van der Waals surface area (Å²) in [5.41, 5.74) is 2.39. The van der Waals surface area contributed by atoms with Crippen LogP contribution < -0.4 is 5.32 Å². The van der Waals surface area contributed by atoms with Crippen molar-refractivity contribution in [1.29, 1.82) is 0 Å². The molecule has 0 unspecified atom stereocenters. The molecular weight excluding hydrogens is 258 g/mol. The molecule has 0 bridgehead atoms. The van der Waals surface area contributed by atoms with E-state index in [0.29, 0.717) is 5.92 Å². The number of aromatic nitrogens is 2. The molecule has 1 aromatic heterocycles. The van der Waals surface area contributed by atoms with Crippen molar-refractivity contribution in [3.63, 3.8) is 0 Å². The number of rotatable bonds is 6. The molecule has 1 heterocycles. The Morgan fingerprint density at radius 2 is 2.21 bits per heavy atom. The SMILES string of the molecule is CC(C)CNCc1cncn1Cc1cccc(Cl)c1. The lowest BCUT2D eigenvalue weighted by Crippen LogP contribution is -2.20. The molecule has 0 saturated heterocycles. The van der Waals surface area contributed by atoms with Gasteiger partial charge in [-0.2, -0.15) is 0 Å². The van der Waals surface area contributed by atoms with E-state index in [2.05, 4.69) is 34.8 Å². The number of hydrogen-bond donors (Lipinski definition) is 1. The van der Waals surface area contributed by atoms with E-state index >= 15 is 0 Å². The molecule has 0 aliphatic heterocycles. The first kappa shape index (κ1) is 14.1. The number of halogens is 1. The topological polar surface area (TPSA) is 29.9 Å². The first-order chi connectivity index (χ1) is 9.15. The third-order valence-electron chi connectivity index (χ3n) is 2.90. The number of nitrogens with zero attached hydrogens (tertiary/aromatic N) is 2. The Kier molecular flexibility index (Phi) is 5.00. The van der Waals surface area contributed by atoms with Gasteiger partial charge in [-0.05, 0) is 30.2 Å². The highest BCUT2D eigenvalue weighted by Gasteiger charge is 2.03. The largest absolute Gasteiger partial charge is 0.329 e. The van der Waals surface area contributed by atoms with Crippen molar-refractivity contribution in [1.82, 2.24) is 14.9 Å². The van der Waals surface area contributed by atoms with E-state index in [1.165, 1.54) is 11.3 Å². The highest BCUT2D eigenvalue weighted by molar-refractivity contribution is 6.30. The monoisotopic (exact) mass is 277 g/mol. The van der Waals surface area contributed by atoms with Gasteiger partial charge in [0, 0.05) is 24.3 Å². The molecule has 0 radical (unpaired) electrons. The standard InChI is InChI=1S/C15H20ClN3/c1-12(2)7-17-8-15-9-18-11-19(15)10-13-4-3-5-14(16)6-13/h3-6,9,11-12,17H,7-8,10H2,1-2H3. The summed E-state index contributed by atoms with van der Waals surface area (Å²) in [5.74, 6) is 0.657. The van der Waals surface area contributed by atoms with Crippen molar-refractivity contribution in [3.8, 4) is 0 Å². The number of imidazole rings is 1. The maximum Gasteiger partial charge on any atom is 0.0951 e. The van der Waals surface area contributed by atoms with Gasteiger partial charge in [-0.25, -0.2) is 4.98 Å². The Hall–Kier alpha value is -1.32. The summed E-state index contributed by atoms with van der Waals surface area (Å²) in [6.07, 6.45) is 3.78. The van der Waals surface area contributed by atoms with Gasteiger partial charge in [-0.1, -0.05) is 37.6 Å². The molecule has 0 aliphatic rings. The second-order valence-corrected chi connectivity index (χ2v) is 5.60. The summed E-state index contributed by atoms with van der Waals surface area (Å²) in [6.45, 7) is 7.08. The molecule has 0 aliphatic carbocycles. The maximum absolute atomic E-state index is 6.01. The van der Waals surface area contributed by atoms with Crippen LogP contribution in [-0.4, -0.2) is 16.1 Å². The quantitative estimate of drug-likeness (QED) is 0.878. The summed E-state index contributed by atoms with van der Waals surface area (Å²) in [6, 6.07) is 7.94. The van der Waals surface area contributed by atoms with Crippen LogP contribution in [0, 0.1) is 5.92 Å². The van der Waals surface area contributed by atoms with Gasteiger partial charge in [0.2, 0.25) is 0 Å². The molecule has 0 fully saturated rings. The molecular formula is C15H20ClN3. The zero-order valence-electron chi connectivity index (χ0n) is 11.4. The number of benzene rings is 1. The summed E-state index contributed by atoms with van der Waals surface area (Å²) in [5, 5.41) is 4.21. The molecule has 19 heavy (non-hydrogen) atoms. The average molecular weight is 278 g/mol. The van der Waals surface area contributed by atoms with Crippen LogP contribution in [0.5, 0.6) is 0 Å². The van der Waals surface area contributed by atoms with Gasteiger partial charge in [-0.3, -0.25) is 0 Å². The Labute approximate surface area is 119 Å². The average Bonchev–Trinajstić information content (AvgIpc) is 2.76. The fourth-order valence-corrected chi connectivity index (χ4v) is 2.17. The molecule has 0 atom stereocenters. The van der Waals surface area contributed by atoms with E-state index in [9.17, 15) is 0 Å². The van der Waals surface area contributed by atoms with Crippen molar-refractivity contribution >= 4 is 11.6 Å². The number of nitrogens with one attached hydrogen (secondary N) is 1. The second-order valence-electron chi connectivity index (χ2n) is 5.17. The first-order valence-corrected chi connectivity index (χ1v) is 6.97. The normalized spacial score (nSPS) is 11.2. The minimum atomic E-state index is 0.657. The first-order valence-electron chi connectivity index (χ1n) is 6.59. The van der Waals surface area contributed by atoms with E-state index in [1.54, 1.807) is 0 Å². The van der Waals surface area contributed by atoms with Crippen molar-refractivity contribution in [2.75, 3.05) is 6.54 Å². The van der Waals surface area contributed by atoms with Crippen molar-refractivity contribution < 1.29 is 0 Å². The highest BCUT2D eigenvalue weighted by atomic mass is 35.5. The third-order valence-corrected chi connectivity index (χ3v) is 3.13. The molecule has 0 saturated carbocycles. The molecule has 2 aromatic rings. The highest BCUT2D eigenvalue weighted by Crippen LogP contribution is 2.13. The van der Waals surface area contributed by atoms with E-state index in [4.69, 9.17) is 11.6 Å². The van der Waals surface area contributed by atoms with Crippen LogP contribution in [0.3, 0.4) is 0 Å². The summed E-state index contributed by atoms with van der Waals surface area (Å²) in [7, 11) is 0. The van der Waals surface area contributed by atoms with E-state index in [-0.39, 0.29) is 0 Å². The zero-order chi connectivity index (χ0) is 13.7. The van der Waals surface area contributed by atoms with Gasteiger partial charge in [0.25, 0.3) is 0 Å². The summed E-state index contributed by atoms with van der Waals surface area (Å²) in [4.78, 5) is 4.23. The Morgan fingerprint density at radius 3 is 2.95 bits per heavy atom. The van der Waals surface area contributed by atoms with Gasteiger partial charge in [-0.15, -0.1) is 0 Å². The number of hydrogen-bond acceptors (Lipinski definition) is 2. The van der Waals surface area contributed by atoms with E-state index < -0.39 is 0 Å². The van der Waals surface area contributed by atoms with Crippen LogP contribution >= 0.6 is 11.6 Å². The Balaban J connectivity index is 1.99. The predicted molar refractivity (Wildman–Crippen MR) is 79.3 cm³/mol. The third kappa shape index (κ3) is 4.37. The van der Waals surface area contributed by atoms with Crippen LogP contribution in [0.2, 0.25) is 5.02 Å². The zero-order valence-corrected chi connectivity index (χ0v) is 12.2. The predicted octanol–water partition coefficient (Wildman–Crippen LogP) is 3.33. The van der Waals surface area contributed by atoms with Gasteiger partial charge in [0.1, 0.15) is 0 Å². The molecule has 4 heteroatoms. The van der Waals surface area contributed by atoms with Crippen molar-refractivity contribution in [2.24, 2.45) is 5.92 Å². The van der Waals surface area contributed by atoms with Crippen LogP contribution in [0.25, 0.3) is 0 Å². The lowest BCUT2D eigenvalue weighted by atomic mass is 10.2. The lowest BCUT2D eigenvalue weighted by Gasteiger charge is -2.11. The minimum Gasteiger partial charge on any atom is -0.329 e.